The van der Waals surface area contributed by atoms with E-state index in [4.69, 9.17) is 5.26 Å². The van der Waals surface area contributed by atoms with Crippen LogP contribution >= 0.6 is 0 Å². The van der Waals surface area contributed by atoms with E-state index in [2.05, 4.69) is 5.32 Å². The number of carbonyl (C=O) groups is 2. The predicted octanol–water partition coefficient (Wildman–Crippen LogP) is 2.04. The van der Waals surface area contributed by atoms with Crippen LogP contribution in [0.3, 0.4) is 0 Å². The van der Waals surface area contributed by atoms with E-state index in [-0.39, 0.29) is 29.0 Å². The van der Waals surface area contributed by atoms with Crippen molar-refractivity contribution in [2.75, 3.05) is 11.9 Å². The van der Waals surface area contributed by atoms with Gasteiger partial charge in [0, 0.05) is 12.5 Å². The summed E-state index contributed by atoms with van der Waals surface area (Å²) >= 11 is 0. The topological polar surface area (TPSA) is 73.2 Å². The monoisotopic (exact) mass is 301 g/mol. The standard InChI is InChI=1S/C16H16FN3O2/c17-12-3-1-4-13(11(12)9-18)19-15(21)14-5-2-8-20(14)16(22)10-6-7-10/h1,3-4,10,14H,2,5-8H2,(H,19,21)/t14-/m1/s1. The van der Waals surface area contributed by atoms with Gasteiger partial charge in [0.25, 0.3) is 0 Å². The first-order chi connectivity index (χ1) is 10.6. The van der Waals surface area contributed by atoms with Gasteiger partial charge in [-0.25, -0.2) is 4.39 Å². The molecule has 1 aliphatic heterocycles. The van der Waals surface area contributed by atoms with Gasteiger partial charge in [0.05, 0.1) is 5.69 Å². The third-order valence-corrected chi connectivity index (χ3v) is 4.15. The van der Waals surface area contributed by atoms with Crippen LogP contribution in [0.4, 0.5) is 10.1 Å². The number of nitriles is 1. The fourth-order valence-corrected chi connectivity index (χ4v) is 2.83. The molecule has 3 rings (SSSR count). The maximum atomic E-state index is 13.6. The Morgan fingerprint density at radius 2 is 2.09 bits per heavy atom. The lowest BCUT2D eigenvalue weighted by atomic mass is 10.1. The zero-order valence-electron chi connectivity index (χ0n) is 12.0. The van der Waals surface area contributed by atoms with Crippen LogP contribution in [0.1, 0.15) is 31.2 Å². The zero-order valence-corrected chi connectivity index (χ0v) is 12.0. The number of likely N-dealkylation sites (tertiary alicyclic amines) is 1. The molecule has 1 atom stereocenters. The fourth-order valence-electron chi connectivity index (χ4n) is 2.83. The lowest BCUT2D eigenvalue weighted by Gasteiger charge is -2.24. The van der Waals surface area contributed by atoms with Crippen molar-refractivity contribution < 1.29 is 14.0 Å². The summed E-state index contributed by atoms with van der Waals surface area (Å²) in [5, 5.41) is 11.6. The van der Waals surface area contributed by atoms with Gasteiger partial charge in [-0.05, 0) is 37.8 Å². The van der Waals surface area contributed by atoms with Crippen molar-refractivity contribution in [3.8, 4) is 6.07 Å². The molecule has 0 unspecified atom stereocenters. The maximum Gasteiger partial charge on any atom is 0.247 e. The molecule has 1 saturated heterocycles. The number of rotatable bonds is 3. The van der Waals surface area contributed by atoms with Crippen LogP contribution in [0.25, 0.3) is 0 Å². The number of nitrogens with zero attached hydrogens (tertiary/aromatic N) is 2. The van der Waals surface area contributed by atoms with Gasteiger partial charge in [0.1, 0.15) is 23.5 Å². The third kappa shape index (κ3) is 2.67. The number of hydrogen-bond acceptors (Lipinski definition) is 3. The van der Waals surface area contributed by atoms with Gasteiger partial charge in [-0.15, -0.1) is 0 Å². The van der Waals surface area contributed by atoms with Gasteiger partial charge in [0.15, 0.2) is 0 Å². The van der Waals surface area contributed by atoms with Gasteiger partial charge in [0.2, 0.25) is 11.8 Å². The van der Waals surface area contributed by atoms with Crippen LogP contribution in [-0.4, -0.2) is 29.3 Å². The molecule has 1 N–H and O–H groups in total. The summed E-state index contributed by atoms with van der Waals surface area (Å²) < 4.78 is 13.6. The molecule has 5 nitrogen and oxygen atoms in total. The minimum absolute atomic E-state index is 0.0393. The van der Waals surface area contributed by atoms with Crippen LogP contribution in [-0.2, 0) is 9.59 Å². The van der Waals surface area contributed by atoms with E-state index in [0.29, 0.717) is 13.0 Å². The molecule has 1 heterocycles. The number of halogens is 1. The fraction of sp³-hybridized carbons (Fsp3) is 0.438. The Kier molecular flexibility index (Phi) is 3.80. The van der Waals surface area contributed by atoms with Crippen molar-refractivity contribution in [3.05, 3.63) is 29.6 Å². The Bertz CT molecular complexity index is 664. The molecule has 2 fully saturated rings. The van der Waals surface area contributed by atoms with Crippen LogP contribution in [0, 0.1) is 23.1 Å². The minimum atomic E-state index is -0.669. The molecule has 6 heteroatoms. The van der Waals surface area contributed by atoms with Crippen molar-refractivity contribution in [3.63, 3.8) is 0 Å². The number of benzene rings is 1. The first-order valence-corrected chi connectivity index (χ1v) is 7.41. The Balaban J connectivity index is 1.75. The molecule has 22 heavy (non-hydrogen) atoms. The first kappa shape index (κ1) is 14.5. The first-order valence-electron chi connectivity index (χ1n) is 7.41. The molecule has 2 aliphatic rings. The summed E-state index contributed by atoms with van der Waals surface area (Å²) in [6.45, 7) is 0.585. The smallest absolute Gasteiger partial charge is 0.247 e. The van der Waals surface area contributed by atoms with Gasteiger partial charge >= 0.3 is 0 Å². The second-order valence-corrected chi connectivity index (χ2v) is 5.73. The predicted molar refractivity (Wildman–Crippen MR) is 77.2 cm³/mol. The summed E-state index contributed by atoms with van der Waals surface area (Å²) in [7, 11) is 0. The molecule has 1 aromatic carbocycles. The van der Waals surface area contributed by atoms with Crippen molar-refractivity contribution in [1.29, 1.82) is 5.26 Å². The van der Waals surface area contributed by atoms with E-state index in [1.165, 1.54) is 18.2 Å². The lowest BCUT2D eigenvalue weighted by Crippen LogP contribution is -2.43. The van der Waals surface area contributed by atoms with Gasteiger partial charge < -0.3 is 10.2 Å². The highest BCUT2D eigenvalue weighted by Gasteiger charge is 2.40. The minimum Gasteiger partial charge on any atom is -0.330 e. The molecular weight excluding hydrogens is 285 g/mol. The van der Waals surface area contributed by atoms with E-state index < -0.39 is 11.9 Å². The number of hydrogen-bond donors (Lipinski definition) is 1. The van der Waals surface area contributed by atoms with Crippen LogP contribution in [0.2, 0.25) is 0 Å². The highest BCUT2D eigenvalue weighted by atomic mass is 19.1. The maximum absolute atomic E-state index is 13.6. The number of nitrogens with one attached hydrogen (secondary N) is 1. The van der Waals surface area contributed by atoms with Gasteiger partial charge in [-0.2, -0.15) is 5.26 Å². The van der Waals surface area contributed by atoms with Crippen molar-refractivity contribution in [2.24, 2.45) is 5.92 Å². The second kappa shape index (κ2) is 5.76. The lowest BCUT2D eigenvalue weighted by molar-refractivity contribution is -0.137. The van der Waals surface area contributed by atoms with Gasteiger partial charge in [-0.1, -0.05) is 6.07 Å². The summed E-state index contributed by atoms with van der Waals surface area (Å²) in [5.41, 5.74) is -0.0351. The molecule has 1 aliphatic carbocycles. The van der Waals surface area contributed by atoms with Gasteiger partial charge in [-0.3, -0.25) is 9.59 Å². The molecule has 114 valence electrons. The van der Waals surface area contributed by atoms with E-state index in [9.17, 15) is 14.0 Å². The number of carbonyl (C=O) groups excluding carboxylic acids is 2. The van der Waals surface area contributed by atoms with Crippen LogP contribution in [0.5, 0.6) is 0 Å². The van der Waals surface area contributed by atoms with E-state index in [1.807, 2.05) is 0 Å². The Morgan fingerprint density at radius 3 is 2.77 bits per heavy atom. The highest BCUT2D eigenvalue weighted by molar-refractivity contribution is 5.98. The quantitative estimate of drug-likeness (QED) is 0.928. The highest BCUT2D eigenvalue weighted by Crippen LogP contribution is 2.34. The molecular formula is C16H16FN3O2. The Morgan fingerprint density at radius 1 is 1.32 bits per heavy atom. The average molecular weight is 301 g/mol. The van der Waals surface area contributed by atoms with Crippen LogP contribution in [0.15, 0.2) is 18.2 Å². The van der Waals surface area contributed by atoms with Crippen molar-refractivity contribution in [1.82, 2.24) is 4.90 Å². The number of amides is 2. The summed E-state index contributed by atoms with van der Waals surface area (Å²) in [6.07, 6.45) is 3.17. The molecule has 0 spiro atoms. The SMILES string of the molecule is N#Cc1c(F)cccc1NC(=O)[C@H]1CCCN1C(=O)C1CC1. The van der Waals surface area contributed by atoms with E-state index in [1.54, 1.807) is 11.0 Å². The number of anilines is 1. The zero-order chi connectivity index (χ0) is 15.7. The third-order valence-electron chi connectivity index (χ3n) is 4.15. The largest absolute Gasteiger partial charge is 0.330 e. The molecule has 2 amide bonds. The Labute approximate surface area is 127 Å². The van der Waals surface area contributed by atoms with Crippen molar-refractivity contribution in [2.45, 2.75) is 31.7 Å². The average Bonchev–Trinajstić information content (AvgIpc) is 3.23. The molecule has 0 radical (unpaired) electrons. The summed E-state index contributed by atoms with van der Waals surface area (Å²) in [6, 6.07) is 5.33. The van der Waals surface area contributed by atoms with E-state index in [0.717, 1.165) is 19.3 Å². The second-order valence-electron chi connectivity index (χ2n) is 5.73. The summed E-state index contributed by atoms with van der Waals surface area (Å²) in [4.78, 5) is 26.2. The Hall–Kier alpha value is -2.42. The summed E-state index contributed by atoms with van der Waals surface area (Å²) in [5.74, 6) is -0.916. The molecule has 1 saturated carbocycles. The molecule has 0 bridgehead atoms. The molecule has 1 aromatic rings. The normalized spacial score (nSPS) is 20.5. The van der Waals surface area contributed by atoms with Crippen LogP contribution < -0.4 is 5.32 Å². The van der Waals surface area contributed by atoms with E-state index >= 15 is 0 Å². The molecule has 0 aromatic heterocycles. The van der Waals surface area contributed by atoms with Crippen molar-refractivity contribution >= 4 is 17.5 Å².